The molecule has 0 bridgehead atoms. The van der Waals surface area contributed by atoms with E-state index in [-0.39, 0.29) is 0 Å². The number of hydrogen-bond acceptors (Lipinski definition) is 2. The monoisotopic (exact) mass is 178 g/mol. The van der Waals surface area contributed by atoms with Crippen molar-refractivity contribution < 1.29 is 4.74 Å². The number of ether oxygens (including phenoxy) is 1. The minimum atomic E-state index is 0.884. The van der Waals surface area contributed by atoms with Crippen molar-refractivity contribution in [1.82, 2.24) is 4.90 Å². The smallest absolute Gasteiger partial charge is 0.203 e. The largest absolute Gasteiger partial charge is 0.470 e. The fourth-order valence-corrected chi connectivity index (χ4v) is 1.01. The lowest BCUT2D eigenvalue weighted by atomic mass is 10.3. The molecule has 1 aromatic carbocycles. The predicted octanol–water partition coefficient (Wildman–Crippen LogP) is 2.53. The van der Waals surface area contributed by atoms with Crippen LogP contribution in [0.4, 0.5) is 0 Å². The second-order valence-corrected chi connectivity index (χ2v) is 2.76. The van der Waals surface area contributed by atoms with E-state index in [0.717, 1.165) is 18.8 Å². The molecule has 0 aromatic heterocycles. The molecule has 1 aromatic rings. The Balaban J connectivity index is 2.34. The van der Waals surface area contributed by atoms with E-state index in [4.69, 9.17) is 4.74 Å². The van der Waals surface area contributed by atoms with Gasteiger partial charge in [-0.05, 0) is 25.2 Å². The number of para-hydroxylation sites is 1. The van der Waals surface area contributed by atoms with Gasteiger partial charge in [-0.1, -0.05) is 32.0 Å². The topological polar surface area (TPSA) is 12.5 Å². The molecule has 0 fully saturated rings. The number of hydrogen-bond donors (Lipinski definition) is 0. The molecule has 2 heteroatoms. The maximum Gasteiger partial charge on any atom is 0.203 e. The first-order valence-corrected chi connectivity index (χ1v) is 4.66. The van der Waals surface area contributed by atoms with Crippen molar-refractivity contribution in [3.8, 4) is 5.75 Å². The molecule has 0 amide bonds. The molecule has 1 rings (SSSR count). The third-order valence-corrected chi connectivity index (χ3v) is 1.89. The molecule has 0 N–H and O–H groups in total. The van der Waals surface area contributed by atoms with Crippen molar-refractivity contribution in [2.24, 2.45) is 0 Å². The van der Waals surface area contributed by atoms with Crippen LogP contribution in [-0.4, -0.2) is 18.0 Å². The molecule has 0 aliphatic heterocycles. The molecule has 71 valence electrons. The Morgan fingerprint density at radius 1 is 1.15 bits per heavy atom. The van der Waals surface area contributed by atoms with E-state index < -0.39 is 0 Å². The first-order chi connectivity index (χ1) is 6.36. The Labute approximate surface area is 80.1 Å². The number of nitrogens with zero attached hydrogens (tertiary/aromatic N) is 1. The van der Waals surface area contributed by atoms with E-state index in [9.17, 15) is 0 Å². The van der Waals surface area contributed by atoms with Gasteiger partial charge in [-0.3, -0.25) is 4.90 Å². The molecule has 0 aliphatic carbocycles. The first kappa shape index (κ1) is 10.1. The van der Waals surface area contributed by atoms with Gasteiger partial charge in [-0.2, -0.15) is 0 Å². The van der Waals surface area contributed by atoms with E-state index >= 15 is 0 Å². The predicted molar refractivity (Wildman–Crippen MR) is 54.3 cm³/mol. The van der Waals surface area contributed by atoms with Crippen LogP contribution in [0.5, 0.6) is 5.75 Å². The van der Waals surface area contributed by atoms with Gasteiger partial charge in [0.2, 0.25) is 6.73 Å². The molecule has 0 heterocycles. The van der Waals surface area contributed by atoms with Crippen LogP contribution in [0, 0.1) is 6.73 Å². The zero-order valence-electron chi connectivity index (χ0n) is 8.23. The summed E-state index contributed by atoms with van der Waals surface area (Å²) in [5, 5.41) is 0. The van der Waals surface area contributed by atoms with Crippen molar-refractivity contribution >= 4 is 0 Å². The molecular formula is C11H16NO. The summed E-state index contributed by atoms with van der Waals surface area (Å²) >= 11 is 0. The average molecular weight is 178 g/mol. The van der Waals surface area contributed by atoms with Gasteiger partial charge >= 0.3 is 0 Å². The quantitative estimate of drug-likeness (QED) is 0.687. The molecule has 1 radical (unpaired) electrons. The normalized spacial score (nSPS) is 10.4. The van der Waals surface area contributed by atoms with Gasteiger partial charge in [0.05, 0.1) is 0 Å². The molecule has 13 heavy (non-hydrogen) atoms. The summed E-state index contributed by atoms with van der Waals surface area (Å²) in [5.74, 6) is 0.884. The maximum absolute atomic E-state index is 5.45. The van der Waals surface area contributed by atoms with Gasteiger partial charge in [0.1, 0.15) is 5.75 Å². The van der Waals surface area contributed by atoms with Gasteiger partial charge in [0.15, 0.2) is 0 Å². The van der Waals surface area contributed by atoms with Crippen LogP contribution in [0.2, 0.25) is 0 Å². The average Bonchev–Trinajstić information content (AvgIpc) is 2.21. The molecular weight excluding hydrogens is 162 g/mol. The zero-order chi connectivity index (χ0) is 9.52. The SMILES string of the molecule is CCN([CH]Oc1ccccc1)CC. The van der Waals surface area contributed by atoms with Crippen LogP contribution in [0.3, 0.4) is 0 Å². The molecule has 0 unspecified atom stereocenters. The second kappa shape index (κ2) is 5.60. The fourth-order valence-electron chi connectivity index (χ4n) is 1.01. The van der Waals surface area contributed by atoms with Crippen LogP contribution in [0.25, 0.3) is 0 Å². The summed E-state index contributed by atoms with van der Waals surface area (Å²) < 4.78 is 5.45. The Morgan fingerprint density at radius 2 is 1.77 bits per heavy atom. The van der Waals surface area contributed by atoms with Crippen molar-refractivity contribution in [2.45, 2.75) is 13.8 Å². The standard InChI is InChI=1S/C11H16NO/c1-3-12(4-2)10-13-11-8-6-5-7-9-11/h5-10H,3-4H2,1-2H3. The van der Waals surface area contributed by atoms with Crippen LogP contribution >= 0.6 is 0 Å². The molecule has 0 atom stereocenters. The van der Waals surface area contributed by atoms with Crippen molar-refractivity contribution in [2.75, 3.05) is 13.1 Å². The van der Waals surface area contributed by atoms with Gasteiger partial charge in [-0.25, -0.2) is 0 Å². The third kappa shape index (κ3) is 3.47. The van der Waals surface area contributed by atoms with Crippen LogP contribution in [-0.2, 0) is 0 Å². The van der Waals surface area contributed by atoms with Gasteiger partial charge in [-0.15, -0.1) is 0 Å². The van der Waals surface area contributed by atoms with Crippen molar-refractivity contribution in [3.05, 3.63) is 37.1 Å². The van der Waals surface area contributed by atoms with E-state index in [2.05, 4.69) is 18.7 Å². The molecule has 0 saturated carbocycles. The highest BCUT2D eigenvalue weighted by Crippen LogP contribution is 2.10. The maximum atomic E-state index is 5.45. The van der Waals surface area contributed by atoms with Gasteiger partial charge < -0.3 is 4.74 Å². The first-order valence-electron chi connectivity index (χ1n) is 4.66. The van der Waals surface area contributed by atoms with Gasteiger partial charge in [0, 0.05) is 0 Å². The van der Waals surface area contributed by atoms with Gasteiger partial charge in [0.25, 0.3) is 0 Å². The lowest BCUT2D eigenvalue weighted by molar-refractivity contribution is 0.217. The zero-order valence-corrected chi connectivity index (χ0v) is 8.23. The van der Waals surface area contributed by atoms with E-state index in [1.165, 1.54) is 0 Å². The van der Waals surface area contributed by atoms with Crippen LogP contribution < -0.4 is 4.74 Å². The van der Waals surface area contributed by atoms with Crippen molar-refractivity contribution in [3.63, 3.8) is 0 Å². The minimum Gasteiger partial charge on any atom is -0.470 e. The van der Waals surface area contributed by atoms with E-state index in [1.54, 1.807) is 6.73 Å². The Hall–Kier alpha value is -1.02. The van der Waals surface area contributed by atoms with E-state index in [0.29, 0.717) is 0 Å². The molecule has 0 aliphatic rings. The fraction of sp³-hybridized carbons (Fsp3) is 0.364. The summed E-state index contributed by atoms with van der Waals surface area (Å²) in [5.41, 5.74) is 0. The Bertz CT molecular complexity index is 219. The molecule has 2 nitrogen and oxygen atoms in total. The summed E-state index contributed by atoms with van der Waals surface area (Å²) in [4.78, 5) is 2.10. The molecule has 0 saturated heterocycles. The van der Waals surface area contributed by atoms with Crippen LogP contribution in [0.1, 0.15) is 13.8 Å². The highest BCUT2D eigenvalue weighted by molar-refractivity contribution is 5.21. The summed E-state index contributed by atoms with van der Waals surface area (Å²) in [6.07, 6.45) is 0. The minimum absolute atomic E-state index is 0.884. The number of rotatable bonds is 5. The Kier molecular flexibility index (Phi) is 4.33. The Morgan fingerprint density at radius 3 is 2.31 bits per heavy atom. The lowest BCUT2D eigenvalue weighted by Crippen LogP contribution is -2.22. The van der Waals surface area contributed by atoms with E-state index in [1.807, 2.05) is 30.3 Å². The van der Waals surface area contributed by atoms with Crippen molar-refractivity contribution in [1.29, 1.82) is 0 Å². The lowest BCUT2D eigenvalue weighted by Gasteiger charge is -2.16. The highest BCUT2D eigenvalue weighted by atomic mass is 16.5. The summed E-state index contributed by atoms with van der Waals surface area (Å²) in [6.45, 7) is 7.94. The van der Waals surface area contributed by atoms with Crippen LogP contribution in [0.15, 0.2) is 30.3 Å². The molecule has 0 spiro atoms. The third-order valence-electron chi connectivity index (χ3n) is 1.89. The summed E-state index contributed by atoms with van der Waals surface area (Å²) in [7, 11) is 0. The number of benzene rings is 1. The second-order valence-electron chi connectivity index (χ2n) is 2.76. The summed E-state index contributed by atoms with van der Waals surface area (Å²) in [6, 6.07) is 9.79. The highest BCUT2D eigenvalue weighted by Gasteiger charge is 1.99.